The highest BCUT2D eigenvalue weighted by Gasteiger charge is 2.30. The third kappa shape index (κ3) is 10.2. The van der Waals surface area contributed by atoms with E-state index >= 15 is 0 Å². The van der Waals surface area contributed by atoms with E-state index in [1.807, 2.05) is 0 Å². The maximum absolute atomic E-state index is 12.6. The number of alkyl halides is 3. The zero-order valence-electron chi connectivity index (χ0n) is 25.3. The second-order valence-corrected chi connectivity index (χ2v) is 11.9. The van der Waals surface area contributed by atoms with E-state index < -0.39 is 17.8 Å². The van der Waals surface area contributed by atoms with Gasteiger partial charge < -0.3 is 29.1 Å². The van der Waals surface area contributed by atoms with Gasteiger partial charge in [0.25, 0.3) is 0 Å². The Morgan fingerprint density at radius 3 is 1.80 bits per heavy atom. The molecule has 3 saturated heterocycles. The molecule has 10 nitrogen and oxygen atoms in total. The van der Waals surface area contributed by atoms with E-state index in [1.54, 1.807) is 29.2 Å². The van der Waals surface area contributed by atoms with Crippen LogP contribution < -0.4 is 9.47 Å². The van der Waals surface area contributed by atoms with Crippen LogP contribution in [0.5, 0.6) is 17.2 Å². The number of rotatable bonds is 7. The number of piperazine rings is 2. The van der Waals surface area contributed by atoms with Gasteiger partial charge in [-0.15, -0.1) is 0 Å². The normalized spacial score (nSPS) is 21.2. The molecule has 0 aromatic heterocycles. The van der Waals surface area contributed by atoms with Gasteiger partial charge in [0.2, 0.25) is 0 Å². The van der Waals surface area contributed by atoms with Gasteiger partial charge >= 0.3 is 18.4 Å². The number of carbonyl (C=O) groups excluding carboxylic acids is 1. The standard InChI is InChI=1S/C22H23F3N2O3.C10H18N2O3/c23-22(24,25)17-3-5-18(6-4-17)29-19-7-9-20(10-8-19)30-21(28)27-13-11-26(12-14-27)15-16-1-2-16;13-10(14)12-5-3-11(4-6-12)8-9-2-1-7-15-9/h3-10,16H,1-2,11-15H2;9H,1-8H2,(H,13,14). The molecule has 4 fully saturated rings. The molecule has 1 unspecified atom stereocenters. The molecule has 0 spiro atoms. The number of halogens is 3. The summed E-state index contributed by atoms with van der Waals surface area (Å²) in [6.45, 7) is 8.96. The lowest BCUT2D eigenvalue weighted by Crippen LogP contribution is -2.49. The molecule has 4 aliphatic rings. The van der Waals surface area contributed by atoms with Crippen molar-refractivity contribution in [2.45, 2.75) is 38.0 Å². The van der Waals surface area contributed by atoms with E-state index in [4.69, 9.17) is 19.3 Å². The Kier molecular flexibility index (Phi) is 11.1. The summed E-state index contributed by atoms with van der Waals surface area (Å²) in [7, 11) is 0. The summed E-state index contributed by atoms with van der Waals surface area (Å²) >= 11 is 0. The summed E-state index contributed by atoms with van der Waals surface area (Å²) in [5, 5.41) is 8.79. The molecule has 1 aliphatic carbocycles. The van der Waals surface area contributed by atoms with Crippen molar-refractivity contribution < 1.29 is 42.1 Å². The van der Waals surface area contributed by atoms with Gasteiger partial charge in [-0.25, -0.2) is 9.59 Å². The first-order chi connectivity index (χ1) is 21.6. The van der Waals surface area contributed by atoms with Crippen LogP contribution in [0, 0.1) is 5.92 Å². The van der Waals surface area contributed by atoms with Crippen LogP contribution in [0.15, 0.2) is 48.5 Å². The van der Waals surface area contributed by atoms with Crippen LogP contribution in [-0.4, -0.2) is 115 Å². The second kappa shape index (κ2) is 15.2. The number of amides is 2. The second-order valence-electron chi connectivity index (χ2n) is 11.9. The fourth-order valence-corrected chi connectivity index (χ4v) is 5.57. The first-order valence-electron chi connectivity index (χ1n) is 15.6. The molecule has 3 heterocycles. The fraction of sp³-hybridized carbons (Fsp3) is 0.562. The largest absolute Gasteiger partial charge is 0.465 e. The molecule has 45 heavy (non-hydrogen) atoms. The monoisotopic (exact) mass is 634 g/mol. The number of ether oxygens (including phenoxy) is 3. The average molecular weight is 635 g/mol. The van der Waals surface area contributed by atoms with Crippen molar-refractivity contribution in [2.24, 2.45) is 5.92 Å². The van der Waals surface area contributed by atoms with E-state index in [0.717, 1.165) is 70.3 Å². The number of hydrogen-bond donors (Lipinski definition) is 1. The molecule has 3 aliphatic heterocycles. The van der Waals surface area contributed by atoms with Crippen LogP contribution in [0.25, 0.3) is 0 Å². The Labute approximate surface area is 261 Å². The SMILES string of the molecule is O=C(O)N1CCN(CC2CCCO2)CC1.O=C(Oc1ccc(Oc2ccc(C(F)(F)F)cc2)cc1)N1CCN(CC2CC2)CC1. The lowest BCUT2D eigenvalue weighted by molar-refractivity contribution is -0.137. The van der Waals surface area contributed by atoms with Gasteiger partial charge in [0.1, 0.15) is 17.2 Å². The molecule has 2 aromatic rings. The Balaban J connectivity index is 0.000000223. The van der Waals surface area contributed by atoms with E-state index in [9.17, 15) is 22.8 Å². The predicted octanol–water partition coefficient (Wildman–Crippen LogP) is 5.49. The molecule has 2 amide bonds. The van der Waals surface area contributed by atoms with E-state index in [2.05, 4.69) is 9.80 Å². The summed E-state index contributed by atoms with van der Waals surface area (Å²) in [5.41, 5.74) is -0.731. The minimum absolute atomic E-state index is 0.289. The predicted molar refractivity (Wildman–Crippen MR) is 160 cm³/mol. The van der Waals surface area contributed by atoms with Gasteiger partial charge in [-0.1, -0.05) is 0 Å². The van der Waals surface area contributed by atoms with Gasteiger partial charge in [0, 0.05) is 72.1 Å². The molecule has 1 N–H and O–H groups in total. The van der Waals surface area contributed by atoms with Gasteiger partial charge in [-0.2, -0.15) is 13.2 Å². The van der Waals surface area contributed by atoms with Gasteiger partial charge in [-0.05, 0) is 80.1 Å². The molecule has 2 aromatic carbocycles. The van der Waals surface area contributed by atoms with Gasteiger partial charge in [0.15, 0.2) is 0 Å². The van der Waals surface area contributed by atoms with Crippen molar-refractivity contribution >= 4 is 12.2 Å². The highest BCUT2D eigenvalue weighted by molar-refractivity contribution is 5.71. The first-order valence-corrected chi connectivity index (χ1v) is 15.6. The number of carbonyl (C=O) groups is 2. The van der Waals surface area contributed by atoms with Crippen LogP contribution >= 0.6 is 0 Å². The highest BCUT2D eigenvalue weighted by Crippen LogP contribution is 2.32. The lowest BCUT2D eigenvalue weighted by Gasteiger charge is -2.34. The van der Waals surface area contributed by atoms with Crippen molar-refractivity contribution in [1.29, 1.82) is 0 Å². The zero-order chi connectivity index (χ0) is 31.8. The molecular formula is C32H41F3N4O6. The summed E-state index contributed by atoms with van der Waals surface area (Å²) < 4.78 is 54.4. The molecule has 0 bridgehead atoms. The molecule has 0 radical (unpaired) electrons. The minimum atomic E-state index is -4.38. The Hall–Kier alpha value is -3.55. The third-order valence-electron chi connectivity index (χ3n) is 8.42. The van der Waals surface area contributed by atoms with E-state index in [0.29, 0.717) is 43.8 Å². The van der Waals surface area contributed by atoms with Crippen LogP contribution in [0.2, 0.25) is 0 Å². The summed E-state index contributed by atoms with van der Waals surface area (Å²) in [6.07, 6.45) is -0.222. The van der Waals surface area contributed by atoms with Crippen molar-refractivity contribution in [2.75, 3.05) is 72.1 Å². The molecule has 13 heteroatoms. The highest BCUT2D eigenvalue weighted by atomic mass is 19.4. The van der Waals surface area contributed by atoms with Crippen LogP contribution in [0.4, 0.5) is 22.8 Å². The maximum atomic E-state index is 12.6. The molecule has 246 valence electrons. The summed E-state index contributed by atoms with van der Waals surface area (Å²) in [4.78, 5) is 30.9. The Morgan fingerprint density at radius 1 is 0.756 bits per heavy atom. The van der Waals surface area contributed by atoms with Crippen LogP contribution in [0.1, 0.15) is 31.2 Å². The van der Waals surface area contributed by atoms with Gasteiger partial charge in [0.05, 0.1) is 11.7 Å². The topological polar surface area (TPSA) is 95.0 Å². The number of nitrogens with zero attached hydrogens (tertiary/aromatic N) is 4. The lowest BCUT2D eigenvalue weighted by atomic mass is 10.2. The van der Waals surface area contributed by atoms with Crippen LogP contribution in [0.3, 0.4) is 0 Å². The maximum Gasteiger partial charge on any atom is 0.416 e. The minimum Gasteiger partial charge on any atom is -0.465 e. The Bertz CT molecular complexity index is 1240. The van der Waals surface area contributed by atoms with E-state index in [1.165, 1.54) is 36.3 Å². The Morgan fingerprint density at radius 2 is 1.29 bits per heavy atom. The van der Waals surface area contributed by atoms with Gasteiger partial charge in [-0.3, -0.25) is 9.80 Å². The number of hydrogen-bond acceptors (Lipinski definition) is 7. The first kappa shape index (κ1) is 32.8. The van der Waals surface area contributed by atoms with Crippen molar-refractivity contribution in [3.8, 4) is 17.2 Å². The quantitative estimate of drug-likeness (QED) is 0.428. The smallest absolute Gasteiger partial charge is 0.416 e. The van der Waals surface area contributed by atoms with Crippen molar-refractivity contribution in [3.05, 3.63) is 54.1 Å². The van der Waals surface area contributed by atoms with Crippen molar-refractivity contribution in [3.63, 3.8) is 0 Å². The van der Waals surface area contributed by atoms with Crippen molar-refractivity contribution in [1.82, 2.24) is 19.6 Å². The van der Waals surface area contributed by atoms with Crippen LogP contribution in [-0.2, 0) is 10.9 Å². The van der Waals surface area contributed by atoms with E-state index in [-0.39, 0.29) is 11.8 Å². The third-order valence-corrected chi connectivity index (χ3v) is 8.42. The fourth-order valence-electron chi connectivity index (χ4n) is 5.57. The average Bonchev–Trinajstić information content (AvgIpc) is 3.70. The number of carboxylic acid groups (broad SMARTS) is 1. The molecule has 1 atom stereocenters. The summed E-state index contributed by atoms with van der Waals surface area (Å²) in [6, 6.07) is 10.9. The zero-order valence-corrected chi connectivity index (χ0v) is 25.3. The molecule has 6 rings (SSSR count). The molecular weight excluding hydrogens is 593 g/mol. The molecule has 1 saturated carbocycles. The summed E-state index contributed by atoms with van der Waals surface area (Å²) in [5.74, 6) is 1.95. The number of benzene rings is 2.